The molecule has 0 aromatic carbocycles. The maximum Gasteiger partial charge on any atom is 0.155 e. The number of ketones is 1. The standard InChI is InChI=1S/C20H30O2/c1-11-8-13-9-14(21)4-5-15(13)18-12(2)10-20(3)16(19(11)18)6-7-17(20)22/h9,11-12,15-19,22H,4-8,10H2,1-3H3/t11?,12?,15-,16-,17-,18+,19-,20-/m0/s1. The molecule has 0 heterocycles. The summed E-state index contributed by atoms with van der Waals surface area (Å²) < 4.78 is 0. The second-order valence-electron chi connectivity index (χ2n) is 9.05. The van der Waals surface area contributed by atoms with Gasteiger partial charge >= 0.3 is 0 Å². The highest BCUT2D eigenvalue weighted by atomic mass is 16.3. The monoisotopic (exact) mass is 302 g/mol. The fourth-order valence-electron chi connectivity index (χ4n) is 7.11. The lowest BCUT2D eigenvalue weighted by Gasteiger charge is -2.58. The van der Waals surface area contributed by atoms with Crippen LogP contribution in [0.1, 0.15) is 59.3 Å². The molecule has 0 radical (unpaired) electrons. The predicted molar refractivity (Wildman–Crippen MR) is 87.2 cm³/mol. The van der Waals surface area contributed by atoms with Crippen LogP contribution >= 0.6 is 0 Å². The number of allylic oxidation sites excluding steroid dienone is 1. The average Bonchev–Trinajstić information content (AvgIpc) is 2.74. The Labute approximate surface area is 134 Å². The summed E-state index contributed by atoms with van der Waals surface area (Å²) in [6.07, 6.45) is 8.22. The summed E-state index contributed by atoms with van der Waals surface area (Å²) >= 11 is 0. The van der Waals surface area contributed by atoms with Crippen molar-refractivity contribution < 1.29 is 9.90 Å². The molecule has 0 bridgehead atoms. The second-order valence-corrected chi connectivity index (χ2v) is 9.05. The number of rotatable bonds is 0. The molecule has 0 saturated heterocycles. The summed E-state index contributed by atoms with van der Waals surface area (Å²) in [7, 11) is 0. The summed E-state index contributed by atoms with van der Waals surface area (Å²) in [4.78, 5) is 11.8. The quantitative estimate of drug-likeness (QED) is 0.735. The Kier molecular flexibility index (Phi) is 3.35. The van der Waals surface area contributed by atoms with E-state index in [2.05, 4.69) is 20.8 Å². The molecule has 4 aliphatic rings. The zero-order valence-corrected chi connectivity index (χ0v) is 14.2. The molecule has 2 heteroatoms. The molecule has 2 nitrogen and oxygen atoms in total. The number of aliphatic hydroxyl groups excluding tert-OH is 1. The Morgan fingerprint density at radius 2 is 1.91 bits per heavy atom. The average molecular weight is 302 g/mol. The van der Waals surface area contributed by atoms with Crippen molar-refractivity contribution in [1.82, 2.24) is 0 Å². The first-order valence-electron chi connectivity index (χ1n) is 9.33. The summed E-state index contributed by atoms with van der Waals surface area (Å²) in [5.41, 5.74) is 1.60. The molecule has 122 valence electrons. The van der Waals surface area contributed by atoms with Crippen molar-refractivity contribution in [3.63, 3.8) is 0 Å². The van der Waals surface area contributed by atoms with Crippen LogP contribution in [0, 0.1) is 40.9 Å². The zero-order valence-electron chi connectivity index (χ0n) is 14.2. The van der Waals surface area contributed by atoms with E-state index in [1.54, 1.807) is 0 Å². The van der Waals surface area contributed by atoms with Crippen molar-refractivity contribution in [2.45, 2.75) is 65.4 Å². The Hall–Kier alpha value is -0.630. The van der Waals surface area contributed by atoms with Crippen LogP contribution in [0.5, 0.6) is 0 Å². The van der Waals surface area contributed by atoms with Gasteiger partial charge in [-0.1, -0.05) is 26.3 Å². The first-order chi connectivity index (χ1) is 10.4. The molecule has 0 amide bonds. The normalized spacial score (nSPS) is 54.3. The van der Waals surface area contributed by atoms with Gasteiger partial charge in [0.15, 0.2) is 5.78 Å². The molecule has 0 aliphatic heterocycles. The fraction of sp³-hybridized carbons (Fsp3) is 0.850. The van der Waals surface area contributed by atoms with E-state index in [0.29, 0.717) is 29.5 Å². The summed E-state index contributed by atoms with van der Waals surface area (Å²) in [6.45, 7) is 7.16. The van der Waals surface area contributed by atoms with Crippen LogP contribution in [-0.4, -0.2) is 17.0 Å². The fourth-order valence-corrected chi connectivity index (χ4v) is 7.11. The highest BCUT2D eigenvalue weighted by Crippen LogP contribution is 2.64. The van der Waals surface area contributed by atoms with E-state index in [1.807, 2.05) is 6.08 Å². The number of hydrogen-bond acceptors (Lipinski definition) is 2. The van der Waals surface area contributed by atoms with Gasteiger partial charge in [-0.3, -0.25) is 4.79 Å². The molecule has 8 atom stereocenters. The number of hydrogen-bond donors (Lipinski definition) is 1. The smallest absolute Gasteiger partial charge is 0.155 e. The lowest BCUT2D eigenvalue weighted by molar-refractivity contribution is -0.118. The van der Waals surface area contributed by atoms with Gasteiger partial charge in [0, 0.05) is 6.42 Å². The molecule has 2 unspecified atom stereocenters. The molecule has 4 rings (SSSR count). The first kappa shape index (κ1) is 14.9. The summed E-state index contributed by atoms with van der Waals surface area (Å²) in [6, 6.07) is 0. The van der Waals surface area contributed by atoms with Crippen molar-refractivity contribution in [3.05, 3.63) is 11.6 Å². The van der Waals surface area contributed by atoms with Crippen LogP contribution in [0.3, 0.4) is 0 Å². The number of fused-ring (bicyclic) bond motifs is 5. The molecule has 1 N–H and O–H groups in total. The van der Waals surface area contributed by atoms with Crippen LogP contribution in [0.4, 0.5) is 0 Å². The van der Waals surface area contributed by atoms with Gasteiger partial charge in [-0.05, 0) is 79.1 Å². The second kappa shape index (κ2) is 4.93. The lowest BCUT2D eigenvalue weighted by Crippen LogP contribution is -2.53. The van der Waals surface area contributed by atoms with Crippen molar-refractivity contribution in [2.24, 2.45) is 40.9 Å². The Balaban J connectivity index is 1.73. The van der Waals surface area contributed by atoms with Crippen molar-refractivity contribution in [2.75, 3.05) is 0 Å². The van der Waals surface area contributed by atoms with Crippen LogP contribution in [0.15, 0.2) is 11.6 Å². The largest absolute Gasteiger partial charge is 0.393 e. The highest BCUT2D eigenvalue weighted by Gasteiger charge is 2.59. The van der Waals surface area contributed by atoms with Gasteiger partial charge in [0.2, 0.25) is 0 Å². The van der Waals surface area contributed by atoms with Crippen LogP contribution < -0.4 is 0 Å². The molecule has 0 spiro atoms. The zero-order chi connectivity index (χ0) is 15.6. The van der Waals surface area contributed by atoms with Gasteiger partial charge in [0.05, 0.1) is 6.10 Å². The third-order valence-electron chi connectivity index (χ3n) is 7.89. The van der Waals surface area contributed by atoms with E-state index in [4.69, 9.17) is 0 Å². The highest BCUT2D eigenvalue weighted by molar-refractivity contribution is 5.91. The van der Waals surface area contributed by atoms with Crippen LogP contribution in [0.25, 0.3) is 0 Å². The molecule has 3 fully saturated rings. The van der Waals surface area contributed by atoms with Gasteiger partial charge in [-0.25, -0.2) is 0 Å². The predicted octanol–water partition coefficient (Wildman–Crippen LogP) is 3.98. The lowest BCUT2D eigenvalue weighted by atomic mass is 9.47. The van der Waals surface area contributed by atoms with Crippen molar-refractivity contribution in [1.29, 1.82) is 0 Å². The number of carbonyl (C=O) groups is 1. The van der Waals surface area contributed by atoms with E-state index in [1.165, 1.54) is 18.4 Å². The van der Waals surface area contributed by atoms with Crippen LogP contribution in [0.2, 0.25) is 0 Å². The van der Waals surface area contributed by atoms with E-state index < -0.39 is 0 Å². The number of aliphatic hydroxyl groups is 1. The minimum absolute atomic E-state index is 0.0991. The number of carbonyl (C=O) groups excluding carboxylic acids is 1. The van der Waals surface area contributed by atoms with Gasteiger partial charge in [-0.2, -0.15) is 0 Å². The van der Waals surface area contributed by atoms with E-state index in [-0.39, 0.29) is 11.5 Å². The van der Waals surface area contributed by atoms with Gasteiger partial charge in [0.25, 0.3) is 0 Å². The third-order valence-corrected chi connectivity index (χ3v) is 7.89. The minimum atomic E-state index is -0.0991. The first-order valence-corrected chi connectivity index (χ1v) is 9.33. The molecule has 22 heavy (non-hydrogen) atoms. The van der Waals surface area contributed by atoms with Gasteiger partial charge in [-0.15, -0.1) is 0 Å². The molecular formula is C20H30O2. The van der Waals surface area contributed by atoms with E-state index >= 15 is 0 Å². The maximum absolute atomic E-state index is 11.8. The minimum Gasteiger partial charge on any atom is -0.393 e. The third kappa shape index (κ3) is 1.92. The molecule has 0 aromatic heterocycles. The van der Waals surface area contributed by atoms with Crippen molar-refractivity contribution in [3.8, 4) is 0 Å². The summed E-state index contributed by atoms with van der Waals surface area (Å²) in [5, 5.41) is 10.6. The van der Waals surface area contributed by atoms with Crippen LogP contribution in [-0.2, 0) is 4.79 Å². The summed E-state index contributed by atoms with van der Waals surface area (Å²) in [5.74, 6) is 4.52. The Bertz CT molecular complexity index is 522. The Morgan fingerprint density at radius 1 is 1.14 bits per heavy atom. The maximum atomic E-state index is 11.8. The SMILES string of the molecule is CC1CC2=CC(=O)CC[C@@H]2[C@H]2C(C)C[C@]3(C)[C@@H](O)CC[C@H]3[C@H]12. The molecule has 0 aromatic rings. The molecule has 3 saturated carbocycles. The van der Waals surface area contributed by atoms with Crippen molar-refractivity contribution >= 4 is 5.78 Å². The topological polar surface area (TPSA) is 37.3 Å². The van der Waals surface area contributed by atoms with E-state index in [9.17, 15) is 9.90 Å². The van der Waals surface area contributed by atoms with Gasteiger partial charge < -0.3 is 5.11 Å². The Morgan fingerprint density at radius 3 is 2.68 bits per heavy atom. The van der Waals surface area contributed by atoms with Gasteiger partial charge in [0.1, 0.15) is 0 Å². The molecular weight excluding hydrogens is 272 g/mol. The van der Waals surface area contributed by atoms with E-state index in [0.717, 1.165) is 37.5 Å². The molecule has 4 aliphatic carbocycles.